The van der Waals surface area contributed by atoms with Crippen LogP contribution in [0.4, 0.5) is 5.82 Å². The van der Waals surface area contributed by atoms with Crippen molar-refractivity contribution in [1.82, 2.24) is 9.97 Å². The van der Waals surface area contributed by atoms with Crippen LogP contribution in [0.2, 0.25) is 5.15 Å². The summed E-state index contributed by atoms with van der Waals surface area (Å²) >= 11 is 5.98. The maximum Gasteiger partial charge on any atom is 0.156 e. The van der Waals surface area contributed by atoms with Gasteiger partial charge in [0, 0.05) is 13.1 Å². The molecule has 2 rings (SSSR count). The maximum absolute atomic E-state index is 11.1. The van der Waals surface area contributed by atoms with Crippen molar-refractivity contribution in [3.63, 3.8) is 0 Å². The molecule has 1 aromatic rings. The van der Waals surface area contributed by atoms with E-state index in [-0.39, 0.29) is 5.15 Å². The number of aromatic nitrogens is 2. The van der Waals surface area contributed by atoms with E-state index >= 15 is 0 Å². The molecule has 92 valence electrons. The lowest BCUT2D eigenvalue weighted by Gasteiger charge is -2.19. The molecular weight excluding hydrogens is 238 g/mol. The van der Waals surface area contributed by atoms with Gasteiger partial charge in [-0.2, -0.15) is 0 Å². The normalized spacial score (nSPS) is 24.1. The third-order valence-corrected chi connectivity index (χ3v) is 3.68. The van der Waals surface area contributed by atoms with Gasteiger partial charge in [-0.1, -0.05) is 25.4 Å². The Kier molecular flexibility index (Phi) is 3.33. The SMILES string of the molecule is Cc1nc(Cl)c(C=O)c(N2CC(C)C(C)C2)n1. The van der Waals surface area contributed by atoms with Crippen LogP contribution in [0.1, 0.15) is 30.0 Å². The standard InChI is InChI=1S/C12H16ClN3O/c1-7-4-16(5-8(7)2)12-10(6-17)11(13)14-9(3)15-12/h6-8H,4-5H2,1-3H3. The van der Waals surface area contributed by atoms with E-state index in [0.29, 0.717) is 29.0 Å². The topological polar surface area (TPSA) is 46.1 Å². The minimum atomic E-state index is 0.245. The van der Waals surface area contributed by atoms with E-state index in [9.17, 15) is 4.79 Å². The molecule has 17 heavy (non-hydrogen) atoms. The van der Waals surface area contributed by atoms with Crippen molar-refractivity contribution in [1.29, 1.82) is 0 Å². The summed E-state index contributed by atoms with van der Waals surface area (Å²) in [5.74, 6) is 2.48. The monoisotopic (exact) mass is 253 g/mol. The van der Waals surface area contributed by atoms with Gasteiger partial charge in [-0.15, -0.1) is 0 Å². The molecule has 0 radical (unpaired) electrons. The zero-order valence-corrected chi connectivity index (χ0v) is 11.0. The van der Waals surface area contributed by atoms with Gasteiger partial charge in [-0.25, -0.2) is 9.97 Å². The quantitative estimate of drug-likeness (QED) is 0.600. The molecule has 0 spiro atoms. The highest BCUT2D eigenvalue weighted by Gasteiger charge is 2.29. The average molecular weight is 254 g/mol. The van der Waals surface area contributed by atoms with Gasteiger partial charge >= 0.3 is 0 Å². The minimum Gasteiger partial charge on any atom is -0.355 e. The van der Waals surface area contributed by atoms with E-state index in [1.807, 2.05) is 0 Å². The average Bonchev–Trinajstić information content (AvgIpc) is 2.58. The van der Waals surface area contributed by atoms with E-state index in [0.717, 1.165) is 19.4 Å². The van der Waals surface area contributed by atoms with E-state index in [4.69, 9.17) is 11.6 Å². The van der Waals surface area contributed by atoms with Crippen molar-refractivity contribution in [2.75, 3.05) is 18.0 Å². The molecule has 4 nitrogen and oxygen atoms in total. The van der Waals surface area contributed by atoms with Crippen LogP contribution in [0.5, 0.6) is 0 Å². The first-order valence-corrected chi connectivity index (χ1v) is 6.15. The summed E-state index contributed by atoms with van der Waals surface area (Å²) in [6, 6.07) is 0. The Hall–Kier alpha value is -1.16. The van der Waals surface area contributed by atoms with E-state index in [1.54, 1.807) is 6.92 Å². The predicted molar refractivity (Wildman–Crippen MR) is 67.7 cm³/mol. The second kappa shape index (κ2) is 4.61. The molecule has 0 amide bonds. The zero-order chi connectivity index (χ0) is 12.6. The molecule has 1 aliphatic rings. The highest BCUT2D eigenvalue weighted by atomic mass is 35.5. The van der Waals surface area contributed by atoms with Gasteiger partial charge in [-0.3, -0.25) is 4.79 Å². The number of hydrogen-bond donors (Lipinski definition) is 0. The van der Waals surface area contributed by atoms with Crippen molar-refractivity contribution in [3.8, 4) is 0 Å². The highest BCUT2D eigenvalue weighted by Crippen LogP contribution is 2.30. The summed E-state index contributed by atoms with van der Waals surface area (Å²) in [4.78, 5) is 21.6. The fraction of sp³-hybridized carbons (Fsp3) is 0.583. The lowest BCUT2D eigenvalue weighted by Crippen LogP contribution is -2.23. The van der Waals surface area contributed by atoms with Crippen LogP contribution in [-0.4, -0.2) is 29.3 Å². The molecule has 1 aromatic heterocycles. The van der Waals surface area contributed by atoms with Crippen LogP contribution in [0.3, 0.4) is 0 Å². The van der Waals surface area contributed by atoms with E-state index < -0.39 is 0 Å². The number of carbonyl (C=O) groups is 1. The Labute approximate surface area is 106 Å². The van der Waals surface area contributed by atoms with Crippen LogP contribution in [0.25, 0.3) is 0 Å². The number of rotatable bonds is 2. The Morgan fingerprint density at radius 1 is 1.29 bits per heavy atom. The number of carbonyl (C=O) groups excluding carboxylic acids is 1. The van der Waals surface area contributed by atoms with Crippen LogP contribution in [0, 0.1) is 18.8 Å². The summed E-state index contributed by atoms with van der Waals surface area (Å²) in [6.45, 7) is 8.03. The summed E-state index contributed by atoms with van der Waals surface area (Å²) in [6.07, 6.45) is 0.741. The third-order valence-electron chi connectivity index (χ3n) is 3.40. The first kappa shape index (κ1) is 12.3. The Balaban J connectivity index is 2.41. The van der Waals surface area contributed by atoms with Crippen molar-refractivity contribution in [3.05, 3.63) is 16.5 Å². The van der Waals surface area contributed by atoms with Crippen molar-refractivity contribution in [2.45, 2.75) is 20.8 Å². The largest absolute Gasteiger partial charge is 0.355 e. The summed E-state index contributed by atoms with van der Waals surface area (Å²) in [7, 11) is 0. The van der Waals surface area contributed by atoms with Crippen LogP contribution in [0.15, 0.2) is 0 Å². The van der Waals surface area contributed by atoms with Gasteiger partial charge in [0.25, 0.3) is 0 Å². The van der Waals surface area contributed by atoms with Gasteiger partial charge in [0.1, 0.15) is 16.8 Å². The van der Waals surface area contributed by atoms with Crippen molar-refractivity contribution < 1.29 is 4.79 Å². The number of hydrogen-bond acceptors (Lipinski definition) is 4. The lowest BCUT2D eigenvalue weighted by molar-refractivity contribution is 0.112. The first-order valence-electron chi connectivity index (χ1n) is 5.77. The Bertz CT molecular complexity index is 440. The fourth-order valence-corrected chi connectivity index (χ4v) is 2.43. The molecule has 0 saturated carbocycles. The summed E-state index contributed by atoms with van der Waals surface area (Å²) < 4.78 is 0. The maximum atomic E-state index is 11.1. The molecule has 5 heteroatoms. The molecule has 0 N–H and O–H groups in total. The number of halogens is 1. The minimum absolute atomic E-state index is 0.245. The third kappa shape index (κ3) is 2.27. The number of aryl methyl sites for hydroxylation is 1. The fourth-order valence-electron chi connectivity index (χ4n) is 2.18. The molecule has 0 aromatic carbocycles. The number of nitrogens with zero attached hydrogens (tertiary/aromatic N) is 3. The molecule has 0 aliphatic carbocycles. The molecule has 2 unspecified atom stereocenters. The van der Waals surface area contributed by atoms with Crippen LogP contribution < -0.4 is 4.90 Å². The highest BCUT2D eigenvalue weighted by molar-refractivity contribution is 6.32. The molecule has 2 heterocycles. The predicted octanol–water partition coefficient (Wildman–Crippen LogP) is 2.34. The lowest BCUT2D eigenvalue weighted by atomic mass is 10.0. The van der Waals surface area contributed by atoms with Gasteiger partial charge in [-0.05, 0) is 18.8 Å². The molecular formula is C12H16ClN3O. The van der Waals surface area contributed by atoms with E-state index in [2.05, 4.69) is 28.7 Å². The molecule has 0 bridgehead atoms. The molecule has 1 saturated heterocycles. The van der Waals surface area contributed by atoms with Gasteiger partial charge < -0.3 is 4.90 Å². The summed E-state index contributed by atoms with van der Waals surface area (Å²) in [5, 5.41) is 0.245. The van der Waals surface area contributed by atoms with Crippen LogP contribution >= 0.6 is 11.6 Å². The molecule has 1 aliphatic heterocycles. The van der Waals surface area contributed by atoms with E-state index in [1.165, 1.54) is 0 Å². The second-order valence-electron chi connectivity index (χ2n) is 4.78. The zero-order valence-electron chi connectivity index (χ0n) is 10.3. The van der Waals surface area contributed by atoms with Gasteiger partial charge in [0.15, 0.2) is 6.29 Å². The smallest absolute Gasteiger partial charge is 0.156 e. The van der Waals surface area contributed by atoms with Gasteiger partial charge in [0.05, 0.1) is 5.56 Å². The second-order valence-corrected chi connectivity index (χ2v) is 5.13. The number of aldehydes is 1. The van der Waals surface area contributed by atoms with Gasteiger partial charge in [0.2, 0.25) is 0 Å². The Morgan fingerprint density at radius 2 is 1.88 bits per heavy atom. The van der Waals surface area contributed by atoms with Crippen molar-refractivity contribution >= 4 is 23.7 Å². The van der Waals surface area contributed by atoms with Crippen LogP contribution in [-0.2, 0) is 0 Å². The van der Waals surface area contributed by atoms with Crippen molar-refractivity contribution in [2.24, 2.45) is 11.8 Å². The molecule has 2 atom stereocenters. The summed E-state index contributed by atoms with van der Waals surface area (Å²) in [5.41, 5.74) is 0.401. The molecule has 1 fully saturated rings. The number of anilines is 1. The first-order chi connectivity index (χ1) is 8.02. The Morgan fingerprint density at radius 3 is 2.41 bits per heavy atom.